The van der Waals surface area contributed by atoms with E-state index in [0.717, 1.165) is 32.5 Å². The first-order valence-electron chi connectivity index (χ1n) is 6.98. The lowest BCUT2D eigenvalue weighted by Gasteiger charge is -2.30. The van der Waals surface area contributed by atoms with Crippen molar-refractivity contribution in [2.45, 2.75) is 25.8 Å². The zero-order valence-corrected chi connectivity index (χ0v) is 13.5. The number of halogens is 2. The summed E-state index contributed by atoms with van der Waals surface area (Å²) in [6, 6.07) is 4.80. The van der Waals surface area contributed by atoms with Crippen LogP contribution in [0.1, 0.15) is 30.1 Å². The molecule has 20 heavy (non-hydrogen) atoms. The fourth-order valence-corrected chi connectivity index (χ4v) is 3.12. The molecule has 0 saturated carbocycles. The number of benzene rings is 1. The highest BCUT2D eigenvalue weighted by Crippen LogP contribution is 2.24. The number of nitrogens with zero attached hydrogens (tertiary/aromatic N) is 2. The molecular formula is C15H20BrFN2O. The van der Waals surface area contributed by atoms with E-state index in [1.165, 1.54) is 6.07 Å². The average Bonchev–Trinajstić information content (AvgIpc) is 2.62. The minimum atomic E-state index is -0.393. The first kappa shape index (κ1) is 15.4. The second-order valence-electron chi connectivity index (χ2n) is 5.28. The standard InChI is InChI=1S/C15H20BrFN2O/c1-3-11-10-18(2)8-5-9-19(11)15(20)12-6-4-7-13(17)14(12)16/h4,6-7,11H,3,5,8-10H2,1-2H3. The maximum atomic E-state index is 13.6. The Balaban J connectivity index is 2.28. The highest BCUT2D eigenvalue weighted by Gasteiger charge is 2.28. The van der Waals surface area contributed by atoms with E-state index in [-0.39, 0.29) is 16.4 Å². The Morgan fingerprint density at radius 1 is 1.45 bits per heavy atom. The van der Waals surface area contributed by atoms with E-state index < -0.39 is 5.82 Å². The van der Waals surface area contributed by atoms with E-state index in [0.29, 0.717) is 5.56 Å². The molecule has 1 atom stereocenters. The van der Waals surface area contributed by atoms with Crippen molar-refractivity contribution in [2.24, 2.45) is 0 Å². The molecule has 1 aromatic rings. The predicted molar refractivity (Wildman–Crippen MR) is 81.3 cm³/mol. The Morgan fingerprint density at radius 2 is 2.20 bits per heavy atom. The molecule has 0 aliphatic carbocycles. The molecule has 0 N–H and O–H groups in total. The van der Waals surface area contributed by atoms with Gasteiger partial charge in [0.05, 0.1) is 10.0 Å². The number of amides is 1. The summed E-state index contributed by atoms with van der Waals surface area (Å²) in [6.07, 6.45) is 1.86. The van der Waals surface area contributed by atoms with Crippen LogP contribution in [0, 0.1) is 5.82 Å². The molecule has 3 nitrogen and oxygen atoms in total. The van der Waals surface area contributed by atoms with Crippen molar-refractivity contribution >= 4 is 21.8 Å². The van der Waals surface area contributed by atoms with Crippen LogP contribution in [0.3, 0.4) is 0 Å². The average molecular weight is 343 g/mol. The molecule has 0 spiro atoms. The minimum Gasteiger partial charge on any atom is -0.334 e. The summed E-state index contributed by atoms with van der Waals surface area (Å²) in [6.45, 7) is 4.68. The van der Waals surface area contributed by atoms with Gasteiger partial charge < -0.3 is 9.80 Å². The Morgan fingerprint density at radius 3 is 2.90 bits per heavy atom. The van der Waals surface area contributed by atoms with Crippen LogP contribution < -0.4 is 0 Å². The van der Waals surface area contributed by atoms with Gasteiger partial charge in [-0.15, -0.1) is 0 Å². The van der Waals surface area contributed by atoms with Crippen molar-refractivity contribution in [3.05, 3.63) is 34.1 Å². The lowest BCUT2D eigenvalue weighted by Crippen LogP contribution is -2.43. The quantitative estimate of drug-likeness (QED) is 0.824. The van der Waals surface area contributed by atoms with Crippen molar-refractivity contribution in [2.75, 3.05) is 26.7 Å². The van der Waals surface area contributed by atoms with Gasteiger partial charge in [0.15, 0.2) is 0 Å². The normalized spacial score (nSPS) is 20.8. The Hall–Kier alpha value is -0.940. The van der Waals surface area contributed by atoms with Gasteiger partial charge in [0, 0.05) is 19.1 Å². The monoisotopic (exact) mass is 342 g/mol. The number of hydrogen-bond acceptors (Lipinski definition) is 2. The van der Waals surface area contributed by atoms with Crippen LogP contribution in [0.25, 0.3) is 0 Å². The summed E-state index contributed by atoms with van der Waals surface area (Å²) in [5.41, 5.74) is 0.410. The molecule has 0 radical (unpaired) electrons. The number of hydrogen-bond donors (Lipinski definition) is 0. The van der Waals surface area contributed by atoms with Crippen LogP contribution in [-0.2, 0) is 0 Å². The van der Waals surface area contributed by atoms with Crippen LogP contribution in [0.15, 0.2) is 22.7 Å². The first-order valence-corrected chi connectivity index (χ1v) is 7.77. The van der Waals surface area contributed by atoms with E-state index in [4.69, 9.17) is 0 Å². The predicted octanol–water partition coefficient (Wildman–Crippen LogP) is 3.14. The molecule has 110 valence electrons. The van der Waals surface area contributed by atoms with Crippen molar-refractivity contribution in [1.29, 1.82) is 0 Å². The molecule has 1 aliphatic heterocycles. The second kappa shape index (κ2) is 6.68. The third-order valence-corrected chi connectivity index (χ3v) is 4.62. The number of carbonyl (C=O) groups is 1. The lowest BCUT2D eigenvalue weighted by atomic mass is 10.1. The Kier molecular flexibility index (Phi) is 5.16. The molecule has 1 unspecified atom stereocenters. The van der Waals surface area contributed by atoms with E-state index >= 15 is 0 Å². The minimum absolute atomic E-state index is 0.0847. The van der Waals surface area contributed by atoms with Gasteiger partial charge in [0.2, 0.25) is 0 Å². The molecule has 1 amide bonds. The van der Waals surface area contributed by atoms with Crippen molar-refractivity contribution in [3.8, 4) is 0 Å². The summed E-state index contributed by atoms with van der Waals surface area (Å²) in [5.74, 6) is -0.477. The fourth-order valence-electron chi connectivity index (χ4n) is 2.68. The third-order valence-electron chi connectivity index (χ3n) is 3.82. The van der Waals surface area contributed by atoms with Crippen LogP contribution in [-0.4, -0.2) is 48.4 Å². The van der Waals surface area contributed by atoms with Crippen molar-refractivity contribution < 1.29 is 9.18 Å². The highest BCUT2D eigenvalue weighted by molar-refractivity contribution is 9.10. The Bertz CT molecular complexity index is 495. The van der Waals surface area contributed by atoms with Crippen LogP contribution in [0.4, 0.5) is 4.39 Å². The SMILES string of the molecule is CCC1CN(C)CCCN1C(=O)c1cccc(F)c1Br. The van der Waals surface area contributed by atoms with Crippen LogP contribution >= 0.6 is 15.9 Å². The van der Waals surface area contributed by atoms with Gasteiger partial charge in [-0.25, -0.2) is 4.39 Å². The molecule has 1 fully saturated rings. The zero-order valence-electron chi connectivity index (χ0n) is 11.9. The van der Waals surface area contributed by atoms with Crippen molar-refractivity contribution in [3.63, 3.8) is 0 Å². The number of likely N-dealkylation sites (N-methyl/N-ethyl adjacent to an activating group) is 1. The summed E-state index contributed by atoms with van der Waals surface area (Å²) in [4.78, 5) is 16.9. The van der Waals surface area contributed by atoms with Crippen LogP contribution in [0.2, 0.25) is 0 Å². The lowest BCUT2D eigenvalue weighted by molar-refractivity contribution is 0.0674. The van der Waals surface area contributed by atoms with Crippen molar-refractivity contribution in [1.82, 2.24) is 9.80 Å². The van der Waals surface area contributed by atoms with E-state index in [1.54, 1.807) is 12.1 Å². The molecule has 1 aromatic carbocycles. The maximum Gasteiger partial charge on any atom is 0.255 e. The zero-order chi connectivity index (χ0) is 14.7. The molecule has 0 aromatic heterocycles. The number of rotatable bonds is 2. The molecule has 1 aliphatic rings. The summed E-state index contributed by atoms with van der Waals surface area (Å²) in [7, 11) is 2.08. The Labute approximate surface area is 127 Å². The van der Waals surface area contributed by atoms with Crippen LogP contribution in [0.5, 0.6) is 0 Å². The van der Waals surface area contributed by atoms with Gasteiger partial charge in [-0.1, -0.05) is 13.0 Å². The van der Waals surface area contributed by atoms with Gasteiger partial charge in [-0.2, -0.15) is 0 Å². The topological polar surface area (TPSA) is 23.6 Å². The highest BCUT2D eigenvalue weighted by atomic mass is 79.9. The van der Waals surface area contributed by atoms with Gasteiger partial charge >= 0.3 is 0 Å². The second-order valence-corrected chi connectivity index (χ2v) is 6.07. The molecular weight excluding hydrogens is 323 g/mol. The fraction of sp³-hybridized carbons (Fsp3) is 0.533. The summed E-state index contributed by atoms with van der Waals surface area (Å²) in [5, 5.41) is 0. The van der Waals surface area contributed by atoms with Gasteiger partial charge in [0.1, 0.15) is 5.82 Å². The molecule has 2 rings (SSSR count). The molecule has 1 heterocycles. The summed E-state index contributed by atoms with van der Waals surface area (Å²) < 4.78 is 13.9. The third kappa shape index (κ3) is 3.20. The molecule has 5 heteroatoms. The van der Waals surface area contributed by atoms with Gasteiger partial charge in [-0.05, 0) is 54.5 Å². The number of carbonyl (C=O) groups excluding carboxylic acids is 1. The smallest absolute Gasteiger partial charge is 0.255 e. The summed E-state index contributed by atoms with van der Waals surface area (Å²) >= 11 is 3.19. The van der Waals surface area contributed by atoms with E-state index in [1.807, 2.05) is 4.90 Å². The van der Waals surface area contributed by atoms with Gasteiger partial charge in [-0.3, -0.25) is 4.79 Å². The molecule has 1 saturated heterocycles. The van der Waals surface area contributed by atoms with E-state index in [2.05, 4.69) is 34.8 Å². The maximum absolute atomic E-state index is 13.6. The largest absolute Gasteiger partial charge is 0.334 e. The van der Waals surface area contributed by atoms with Gasteiger partial charge in [0.25, 0.3) is 5.91 Å². The first-order chi connectivity index (χ1) is 9.54. The van der Waals surface area contributed by atoms with E-state index in [9.17, 15) is 9.18 Å². The molecule has 0 bridgehead atoms.